The van der Waals surface area contributed by atoms with E-state index in [2.05, 4.69) is 290 Å². The van der Waals surface area contributed by atoms with Crippen LogP contribution in [0.3, 0.4) is 0 Å². The first-order chi connectivity index (χ1) is 36.2. The molecule has 0 amide bonds. The van der Waals surface area contributed by atoms with Gasteiger partial charge in [-0.1, -0.05) is 155 Å². The zero-order chi connectivity index (χ0) is 52.7. The lowest BCUT2D eigenvalue weighted by Gasteiger charge is -2.35. The Kier molecular flexibility index (Phi) is 13.5. The van der Waals surface area contributed by atoms with Crippen LogP contribution < -0.4 is 9.80 Å². The second-order valence-electron chi connectivity index (χ2n) is 20.7. The van der Waals surface area contributed by atoms with Gasteiger partial charge in [0.05, 0.1) is 16.7 Å². The SMILES string of the molecule is C=Cc1ccc(N(C(C)=CC(=C)C(C)=CC(=CC)c2cc3c4c(c2)c2cc(N(C(=C)C)c5cc(C(C)=CC)cc(-c6ccccc6)c5)ccc2n4-c2ccccc2C3(C)C)c2cc(C)cc(-c3ccccc3)c2)cc1. The van der Waals surface area contributed by atoms with Gasteiger partial charge in [0.1, 0.15) is 0 Å². The summed E-state index contributed by atoms with van der Waals surface area (Å²) in [5, 5.41) is 2.42. The van der Waals surface area contributed by atoms with Crippen molar-refractivity contribution in [2.75, 3.05) is 9.80 Å². The Labute approximate surface area is 445 Å². The number of fused-ring (bicyclic) bond motifs is 5. The molecule has 0 bridgehead atoms. The standard InChI is InChI=1S/C72H67N3/c1-13-49(7)57-40-59(56-26-20-17-21-27-56)43-64(41-57)73(47(4)5)62-34-35-69-65(46-62)66-44-60(45-68-71(66)75(69)70-29-23-22-28-67(70)72(68,11)12)54(15-3)39-51(9)50(8)38-52(10)74(61-32-30-53(14-2)31-33-61)63-37-48(6)36-58(42-63)55-24-18-16-19-25-55/h13-46H,2,4,8H2,1,3,5-7,9-12H3. The van der Waals surface area contributed by atoms with Gasteiger partial charge >= 0.3 is 0 Å². The third kappa shape index (κ3) is 9.36. The van der Waals surface area contributed by atoms with E-state index >= 15 is 0 Å². The topological polar surface area (TPSA) is 11.4 Å². The molecule has 0 N–H and O–H groups in total. The molecule has 0 saturated carbocycles. The van der Waals surface area contributed by atoms with Crippen molar-refractivity contribution in [3.05, 3.63) is 276 Å². The highest BCUT2D eigenvalue weighted by Gasteiger charge is 2.36. The number of benzene rings is 8. The van der Waals surface area contributed by atoms with Crippen LogP contribution in [0, 0.1) is 6.92 Å². The normalized spacial score (nSPS) is 13.5. The molecule has 10 rings (SSSR count). The van der Waals surface area contributed by atoms with E-state index < -0.39 is 0 Å². The number of nitrogens with zero attached hydrogens (tertiary/aromatic N) is 3. The summed E-state index contributed by atoms with van der Waals surface area (Å²) in [4.78, 5) is 4.65. The lowest BCUT2D eigenvalue weighted by molar-refractivity contribution is 0.630. The Balaban J connectivity index is 1.09. The number of aryl methyl sites for hydroxylation is 1. The summed E-state index contributed by atoms with van der Waals surface area (Å²) in [7, 11) is 0. The summed E-state index contributed by atoms with van der Waals surface area (Å²) in [6, 6.07) is 64.3. The second-order valence-corrected chi connectivity index (χ2v) is 20.7. The fourth-order valence-corrected chi connectivity index (χ4v) is 11.1. The van der Waals surface area contributed by atoms with Crippen molar-refractivity contribution in [2.45, 2.75) is 67.7 Å². The van der Waals surface area contributed by atoms with Crippen molar-refractivity contribution in [2.24, 2.45) is 0 Å². The summed E-state index contributed by atoms with van der Waals surface area (Å²) in [5.74, 6) is 0. The molecule has 1 aliphatic rings. The van der Waals surface area contributed by atoms with E-state index in [0.717, 1.165) is 56.4 Å². The monoisotopic (exact) mass is 974 g/mol. The fraction of sp³-hybridized carbons (Fsp3) is 0.139. The molecular weight excluding hydrogens is 907 g/mol. The van der Waals surface area contributed by atoms with Crippen molar-refractivity contribution < 1.29 is 0 Å². The Morgan fingerprint density at radius 3 is 1.80 bits per heavy atom. The zero-order valence-corrected chi connectivity index (χ0v) is 45.1. The van der Waals surface area contributed by atoms with Crippen LogP contribution in [-0.2, 0) is 5.41 Å². The molecule has 0 saturated heterocycles. The van der Waals surface area contributed by atoms with Crippen LogP contribution in [0.2, 0.25) is 0 Å². The third-order valence-electron chi connectivity index (χ3n) is 15.2. The summed E-state index contributed by atoms with van der Waals surface area (Å²) >= 11 is 0. The maximum Gasteiger partial charge on any atom is 0.0582 e. The number of para-hydroxylation sites is 1. The van der Waals surface area contributed by atoms with Crippen molar-refractivity contribution in [1.82, 2.24) is 4.57 Å². The van der Waals surface area contributed by atoms with Gasteiger partial charge in [0, 0.05) is 50.3 Å². The van der Waals surface area contributed by atoms with Crippen LogP contribution in [0.5, 0.6) is 0 Å². The first-order valence-electron chi connectivity index (χ1n) is 26.1. The molecular formula is C72H67N3. The van der Waals surface area contributed by atoms with Gasteiger partial charge in [-0.25, -0.2) is 0 Å². The minimum atomic E-state index is -0.273. The summed E-state index contributed by atoms with van der Waals surface area (Å²) in [5.41, 5.74) is 26.0. The molecule has 2 heterocycles. The van der Waals surface area contributed by atoms with Gasteiger partial charge < -0.3 is 14.4 Å². The summed E-state index contributed by atoms with van der Waals surface area (Å²) in [6.45, 7) is 33.2. The molecule has 370 valence electrons. The first kappa shape index (κ1) is 49.9. The lowest BCUT2D eigenvalue weighted by Crippen LogP contribution is -2.26. The van der Waals surface area contributed by atoms with Crippen molar-refractivity contribution >= 4 is 61.8 Å². The van der Waals surface area contributed by atoms with Crippen LogP contribution in [0.1, 0.15) is 88.8 Å². The summed E-state index contributed by atoms with van der Waals surface area (Å²) in [6.07, 6.45) is 10.8. The number of anilines is 4. The lowest BCUT2D eigenvalue weighted by atomic mass is 9.74. The van der Waals surface area contributed by atoms with Gasteiger partial charge in [0.15, 0.2) is 0 Å². The molecule has 1 aliphatic heterocycles. The molecule has 0 aliphatic carbocycles. The highest BCUT2D eigenvalue weighted by atomic mass is 15.2. The van der Waals surface area contributed by atoms with Gasteiger partial charge in [-0.3, -0.25) is 0 Å². The second kappa shape index (κ2) is 20.3. The Morgan fingerprint density at radius 2 is 1.16 bits per heavy atom. The third-order valence-corrected chi connectivity index (χ3v) is 15.2. The van der Waals surface area contributed by atoms with E-state index in [0.29, 0.717) is 0 Å². The minimum absolute atomic E-state index is 0.273. The van der Waals surface area contributed by atoms with E-state index in [4.69, 9.17) is 6.58 Å². The molecule has 1 aromatic heterocycles. The average molecular weight is 974 g/mol. The maximum absolute atomic E-state index is 4.72. The number of aromatic nitrogens is 1. The smallest absolute Gasteiger partial charge is 0.0582 e. The van der Waals surface area contributed by atoms with Gasteiger partial charge in [0.25, 0.3) is 0 Å². The first-order valence-corrected chi connectivity index (χ1v) is 26.1. The van der Waals surface area contributed by atoms with E-state index in [9.17, 15) is 0 Å². The van der Waals surface area contributed by atoms with Gasteiger partial charge in [-0.05, 0) is 211 Å². The largest absolute Gasteiger partial charge is 0.315 e. The van der Waals surface area contributed by atoms with E-state index in [-0.39, 0.29) is 5.41 Å². The van der Waals surface area contributed by atoms with E-state index in [1.807, 2.05) is 6.08 Å². The molecule has 8 aromatic carbocycles. The van der Waals surface area contributed by atoms with Crippen molar-refractivity contribution in [1.29, 1.82) is 0 Å². The predicted octanol–water partition coefficient (Wildman–Crippen LogP) is 20.5. The molecule has 0 unspecified atom stereocenters. The van der Waals surface area contributed by atoms with E-state index in [1.54, 1.807) is 0 Å². The minimum Gasteiger partial charge on any atom is -0.315 e. The molecule has 0 atom stereocenters. The van der Waals surface area contributed by atoms with Crippen LogP contribution in [0.4, 0.5) is 22.7 Å². The van der Waals surface area contributed by atoms with Crippen molar-refractivity contribution in [3.63, 3.8) is 0 Å². The predicted molar refractivity (Wildman–Crippen MR) is 327 cm³/mol. The molecule has 3 heteroatoms. The van der Waals surface area contributed by atoms with E-state index in [1.165, 1.54) is 83.1 Å². The van der Waals surface area contributed by atoms with Gasteiger partial charge in [-0.2, -0.15) is 0 Å². The summed E-state index contributed by atoms with van der Waals surface area (Å²) < 4.78 is 2.50. The number of hydrogen-bond donors (Lipinski definition) is 0. The number of allylic oxidation sites excluding steroid dienone is 10. The Bertz CT molecular complexity index is 3850. The van der Waals surface area contributed by atoms with Crippen LogP contribution in [0.25, 0.3) is 67.0 Å². The highest BCUT2D eigenvalue weighted by molar-refractivity contribution is 6.14. The molecule has 0 fully saturated rings. The molecule has 0 spiro atoms. The number of rotatable bonds is 14. The van der Waals surface area contributed by atoms with Crippen molar-refractivity contribution in [3.8, 4) is 27.9 Å². The number of hydrogen-bond acceptors (Lipinski definition) is 2. The molecule has 9 aromatic rings. The van der Waals surface area contributed by atoms with Crippen LogP contribution in [0.15, 0.2) is 243 Å². The molecule has 75 heavy (non-hydrogen) atoms. The van der Waals surface area contributed by atoms with Crippen LogP contribution in [-0.4, -0.2) is 4.57 Å². The molecule has 3 nitrogen and oxygen atoms in total. The molecule has 0 radical (unpaired) electrons. The van der Waals surface area contributed by atoms with Crippen LogP contribution >= 0.6 is 0 Å². The van der Waals surface area contributed by atoms with Gasteiger partial charge in [-0.15, -0.1) is 0 Å². The van der Waals surface area contributed by atoms with Gasteiger partial charge in [0.2, 0.25) is 0 Å². The maximum atomic E-state index is 4.72. The zero-order valence-electron chi connectivity index (χ0n) is 45.1. The fourth-order valence-electron chi connectivity index (χ4n) is 11.1. The quantitative estimate of drug-likeness (QED) is 0.101. The Morgan fingerprint density at radius 1 is 0.533 bits per heavy atom. The highest BCUT2D eigenvalue weighted by Crippen LogP contribution is 2.50. The Hall–Kier alpha value is -8.66. The average Bonchev–Trinajstić information content (AvgIpc) is 3.77.